The van der Waals surface area contributed by atoms with Crippen LogP contribution in [0.1, 0.15) is 17.2 Å². The third-order valence-corrected chi connectivity index (χ3v) is 6.97. The van der Waals surface area contributed by atoms with Gasteiger partial charge in [0.25, 0.3) is 0 Å². The van der Waals surface area contributed by atoms with Crippen LogP contribution in [0.5, 0.6) is 17.2 Å². The van der Waals surface area contributed by atoms with E-state index in [1.807, 2.05) is 35.2 Å². The molecule has 8 nitrogen and oxygen atoms in total. The number of nitrogens with one attached hydrogen (secondary N) is 1. The van der Waals surface area contributed by atoms with Gasteiger partial charge in [-0.2, -0.15) is 0 Å². The van der Waals surface area contributed by atoms with Crippen molar-refractivity contribution in [1.82, 2.24) is 10.2 Å². The summed E-state index contributed by atoms with van der Waals surface area (Å²) in [6.45, 7) is 0.805. The zero-order valence-electron chi connectivity index (χ0n) is 18.0. The number of amides is 1. The molecule has 0 radical (unpaired) electrons. The lowest BCUT2D eigenvalue weighted by atomic mass is 10.0. The van der Waals surface area contributed by atoms with Gasteiger partial charge >= 0.3 is 0 Å². The van der Waals surface area contributed by atoms with E-state index in [0.717, 1.165) is 5.56 Å². The molecule has 3 rings (SSSR count). The van der Waals surface area contributed by atoms with Crippen LogP contribution in [0, 0.1) is 0 Å². The highest BCUT2D eigenvalue weighted by Crippen LogP contribution is 2.34. The third kappa shape index (κ3) is 5.48. The summed E-state index contributed by atoms with van der Waals surface area (Å²) in [7, 11) is 1.58. The van der Waals surface area contributed by atoms with Crippen LogP contribution in [-0.2, 0) is 21.2 Å². The fraction of sp³-hybridized carbons (Fsp3) is 0.409. The topological polar surface area (TPSA) is 94.2 Å². The summed E-state index contributed by atoms with van der Waals surface area (Å²) in [5.74, 6) is 1.53. The highest BCUT2D eigenvalue weighted by molar-refractivity contribution is 7.91. The second-order valence-corrected chi connectivity index (χ2v) is 9.53. The Bertz CT molecular complexity index is 971. The van der Waals surface area contributed by atoms with Crippen LogP contribution in [0.3, 0.4) is 0 Å². The number of nitrogens with zero attached hydrogens (tertiary/aromatic N) is 1. The summed E-state index contributed by atoms with van der Waals surface area (Å²) in [4.78, 5) is 15.2. The van der Waals surface area contributed by atoms with Crippen LogP contribution < -0.4 is 19.5 Å². The molecule has 1 N–H and O–H groups in total. The van der Waals surface area contributed by atoms with Crippen molar-refractivity contribution in [3.8, 4) is 17.2 Å². The molecule has 1 atom stereocenters. The number of benzene rings is 2. The van der Waals surface area contributed by atoms with E-state index >= 15 is 0 Å². The van der Waals surface area contributed by atoms with Crippen molar-refractivity contribution in [1.29, 1.82) is 0 Å². The number of ether oxygens (including phenoxy) is 3. The predicted octanol–water partition coefficient (Wildman–Crippen LogP) is 1.80. The fourth-order valence-electron chi connectivity index (χ4n) is 3.67. The second kappa shape index (κ2) is 10.0. The smallest absolute Gasteiger partial charge is 0.242 e. The zero-order chi connectivity index (χ0) is 22.4. The molecule has 1 aliphatic rings. The Morgan fingerprint density at radius 2 is 1.58 bits per heavy atom. The zero-order valence-corrected chi connectivity index (χ0v) is 18.8. The van der Waals surface area contributed by atoms with Gasteiger partial charge in [-0.3, -0.25) is 9.69 Å². The van der Waals surface area contributed by atoms with Gasteiger partial charge in [-0.15, -0.1) is 0 Å². The fourth-order valence-corrected chi connectivity index (χ4v) is 4.90. The number of carbonyl (C=O) groups excluding carboxylic acids is 1. The molecular formula is C22H28N2O6S. The van der Waals surface area contributed by atoms with Gasteiger partial charge in [-0.05, 0) is 5.56 Å². The monoisotopic (exact) mass is 448 g/mol. The number of rotatable bonds is 8. The summed E-state index contributed by atoms with van der Waals surface area (Å²) in [5.41, 5.74) is 1.50. The van der Waals surface area contributed by atoms with E-state index in [1.165, 1.54) is 0 Å². The van der Waals surface area contributed by atoms with Gasteiger partial charge in [-0.1, -0.05) is 30.3 Å². The Morgan fingerprint density at radius 3 is 2.10 bits per heavy atom. The molecule has 0 saturated carbocycles. The van der Waals surface area contributed by atoms with E-state index < -0.39 is 15.9 Å². The summed E-state index contributed by atoms with van der Waals surface area (Å²) >= 11 is 0. The van der Waals surface area contributed by atoms with E-state index in [9.17, 15) is 13.2 Å². The lowest BCUT2D eigenvalue weighted by molar-refractivity contribution is -0.126. The minimum atomic E-state index is -3.06. The maximum absolute atomic E-state index is 13.3. The van der Waals surface area contributed by atoms with Gasteiger partial charge in [-0.25, -0.2) is 8.42 Å². The standard InChI is InChI=1S/C22H28N2O6S/c1-28-17-13-19(29-2)18(20(14-17)30-3)15-23-22(25)21(16-7-5-4-6-8-16)24-9-11-31(26,27)12-10-24/h4-8,13-14,21H,9-12,15H2,1-3H3,(H,23,25). The molecule has 31 heavy (non-hydrogen) atoms. The maximum Gasteiger partial charge on any atom is 0.242 e. The van der Waals surface area contributed by atoms with Crippen LogP contribution in [0.25, 0.3) is 0 Å². The van der Waals surface area contributed by atoms with Gasteiger partial charge in [0.1, 0.15) is 23.3 Å². The number of sulfone groups is 1. The van der Waals surface area contributed by atoms with Crippen LogP contribution in [-0.4, -0.2) is 65.1 Å². The molecule has 2 aromatic carbocycles. The Morgan fingerprint density at radius 1 is 1.00 bits per heavy atom. The van der Waals surface area contributed by atoms with Crippen molar-refractivity contribution in [2.75, 3.05) is 45.9 Å². The average Bonchev–Trinajstić information content (AvgIpc) is 2.79. The molecule has 0 aromatic heterocycles. The van der Waals surface area contributed by atoms with Crippen molar-refractivity contribution in [2.45, 2.75) is 12.6 Å². The molecule has 1 heterocycles. The Kier molecular flexibility index (Phi) is 7.40. The SMILES string of the molecule is COc1cc(OC)c(CNC(=O)C(c2ccccc2)N2CCS(=O)(=O)CC2)c(OC)c1. The van der Waals surface area contributed by atoms with Crippen molar-refractivity contribution in [3.05, 3.63) is 53.6 Å². The molecule has 1 saturated heterocycles. The second-order valence-electron chi connectivity index (χ2n) is 7.23. The Hall–Kier alpha value is -2.78. The van der Waals surface area contributed by atoms with Gasteiger partial charge in [0.2, 0.25) is 5.91 Å². The van der Waals surface area contributed by atoms with E-state index in [2.05, 4.69) is 5.32 Å². The first-order valence-corrected chi connectivity index (χ1v) is 11.8. The van der Waals surface area contributed by atoms with Crippen LogP contribution in [0.2, 0.25) is 0 Å². The number of hydrogen-bond acceptors (Lipinski definition) is 7. The summed E-state index contributed by atoms with van der Waals surface area (Å²) in [6.07, 6.45) is 0. The maximum atomic E-state index is 13.3. The molecule has 1 aliphatic heterocycles. The highest BCUT2D eigenvalue weighted by Gasteiger charge is 2.32. The lowest BCUT2D eigenvalue weighted by Gasteiger charge is -2.33. The van der Waals surface area contributed by atoms with Crippen LogP contribution in [0.15, 0.2) is 42.5 Å². The van der Waals surface area contributed by atoms with Gasteiger partial charge < -0.3 is 19.5 Å². The highest BCUT2D eigenvalue weighted by atomic mass is 32.2. The first-order valence-electron chi connectivity index (χ1n) is 9.94. The Labute approximate surface area is 183 Å². The molecule has 1 fully saturated rings. The molecule has 1 amide bonds. The van der Waals surface area contributed by atoms with Crippen LogP contribution in [0.4, 0.5) is 0 Å². The van der Waals surface area contributed by atoms with Gasteiger partial charge in [0, 0.05) is 25.2 Å². The quantitative estimate of drug-likeness (QED) is 0.658. The minimum Gasteiger partial charge on any atom is -0.496 e. The van der Waals surface area contributed by atoms with E-state index in [4.69, 9.17) is 14.2 Å². The van der Waals surface area contributed by atoms with Crippen molar-refractivity contribution in [2.24, 2.45) is 0 Å². The molecular weight excluding hydrogens is 420 g/mol. The molecule has 1 unspecified atom stereocenters. The predicted molar refractivity (Wildman–Crippen MR) is 117 cm³/mol. The first-order chi connectivity index (χ1) is 14.9. The van der Waals surface area contributed by atoms with Crippen molar-refractivity contribution >= 4 is 15.7 Å². The number of methoxy groups -OCH3 is 3. The Balaban J connectivity index is 1.83. The average molecular weight is 449 g/mol. The molecule has 0 spiro atoms. The summed E-state index contributed by atoms with van der Waals surface area (Å²) in [5, 5.41) is 2.97. The van der Waals surface area contributed by atoms with Crippen molar-refractivity contribution < 1.29 is 27.4 Å². The molecule has 9 heteroatoms. The normalized spacial score (nSPS) is 16.9. The van der Waals surface area contributed by atoms with E-state index in [0.29, 0.717) is 35.9 Å². The number of carbonyl (C=O) groups is 1. The lowest BCUT2D eigenvalue weighted by Crippen LogP contribution is -2.47. The molecule has 0 aliphatic carbocycles. The molecule has 2 aromatic rings. The van der Waals surface area contributed by atoms with E-state index in [-0.39, 0.29) is 24.0 Å². The van der Waals surface area contributed by atoms with Crippen LogP contribution >= 0.6 is 0 Å². The van der Waals surface area contributed by atoms with Gasteiger partial charge in [0.15, 0.2) is 9.84 Å². The number of hydrogen-bond donors (Lipinski definition) is 1. The minimum absolute atomic E-state index is 0.0454. The van der Waals surface area contributed by atoms with E-state index in [1.54, 1.807) is 33.5 Å². The summed E-state index contributed by atoms with van der Waals surface area (Å²) < 4.78 is 39.9. The molecule has 168 valence electrons. The first kappa shape index (κ1) is 22.9. The van der Waals surface area contributed by atoms with Crippen molar-refractivity contribution in [3.63, 3.8) is 0 Å². The third-order valence-electron chi connectivity index (χ3n) is 5.36. The largest absolute Gasteiger partial charge is 0.496 e. The summed E-state index contributed by atoms with van der Waals surface area (Å²) in [6, 6.07) is 12.2. The molecule has 0 bridgehead atoms. The van der Waals surface area contributed by atoms with Gasteiger partial charge in [0.05, 0.1) is 44.9 Å².